The molecule has 0 radical (unpaired) electrons. The zero-order valence-corrected chi connectivity index (χ0v) is 10.6. The van der Waals surface area contributed by atoms with Crippen LogP contribution >= 0.6 is 0 Å². The van der Waals surface area contributed by atoms with E-state index in [1.54, 1.807) is 6.92 Å². The zero-order chi connectivity index (χ0) is 15.8. The first-order valence-corrected chi connectivity index (χ1v) is 5.80. The summed E-state index contributed by atoms with van der Waals surface area (Å²) in [6.45, 7) is 1.64. The molecule has 0 aliphatic carbocycles. The van der Waals surface area contributed by atoms with Gasteiger partial charge in [-0.1, -0.05) is 6.92 Å². The van der Waals surface area contributed by atoms with E-state index in [-0.39, 0.29) is 17.9 Å². The van der Waals surface area contributed by atoms with Crippen molar-refractivity contribution in [2.45, 2.75) is 19.5 Å². The fourth-order valence-corrected chi connectivity index (χ4v) is 1.73. The largest absolute Gasteiger partial charge is 0.475 e. The van der Waals surface area contributed by atoms with Gasteiger partial charge in [0.2, 0.25) is 0 Å². The number of rotatable bonds is 3. The summed E-state index contributed by atoms with van der Waals surface area (Å²) < 4.78 is 52.2. The summed E-state index contributed by atoms with van der Waals surface area (Å²) >= 11 is 0. The first-order valence-electron chi connectivity index (χ1n) is 5.80. The van der Waals surface area contributed by atoms with E-state index in [1.165, 1.54) is 0 Å². The second-order valence-corrected chi connectivity index (χ2v) is 4.08. The molecule has 112 valence electrons. The standard InChI is InChI=1S/C12H9F4N3O2/c1-2-9-17-10(11(20)21)18-19(9)6-3-4-8(13)7(5-6)12(14,15)16/h3-5H,2H2,1H3,(H,20,21). The Kier molecular flexibility index (Phi) is 3.67. The molecule has 0 aliphatic rings. The van der Waals surface area contributed by atoms with E-state index in [4.69, 9.17) is 5.11 Å². The lowest BCUT2D eigenvalue weighted by Gasteiger charge is -2.10. The van der Waals surface area contributed by atoms with Crippen LogP contribution in [0.25, 0.3) is 5.69 Å². The number of aryl methyl sites for hydroxylation is 1. The van der Waals surface area contributed by atoms with Crippen molar-refractivity contribution < 1.29 is 27.5 Å². The first kappa shape index (κ1) is 14.9. The molecule has 0 atom stereocenters. The zero-order valence-electron chi connectivity index (χ0n) is 10.6. The molecule has 1 aromatic carbocycles. The smallest absolute Gasteiger partial charge is 0.419 e. The number of hydrogen-bond acceptors (Lipinski definition) is 3. The van der Waals surface area contributed by atoms with Crippen LogP contribution in [0.2, 0.25) is 0 Å². The number of benzene rings is 1. The number of nitrogens with zero attached hydrogens (tertiary/aromatic N) is 3. The minimum Gasteiger partial charge on any atom is -0.475 e. The highest BCUT2D eigenvalue weighted by atomic mass is 19.4. The van der Waals surface area contributed by atoms with E-state index >= 15 is 0 Å². The quantitative estimate of drug-likeness (QED) is 0.885. The number of alkyl halides is 3. The molecule has 2 rings (SSSR count). The highest BCUT2D eigenvalue weighted by molar-refractivity contribution is 5.83. The predicted molar refractivity (Wildman–Crippen MR) is 62.7 cm³/mol. The minimum atomic E-state index is -4.86. The van der Waals surface area contributed by atoms with Crippen molar-refractivity contribution in [3.63, 3.8) is 0 Å². The third-order valence-electron chi connectivity index (χ3n) is 2.68. The molecule has 0 aliphatic heterocycles. The van der Waals surface area contributed by atoms with E-state index < -0.39 is 29.4 Å². The van der Waals surface area contributed by atoms with Crippen LogP contribution in [-0.2, 0) is 12.6 Å². The van der Waals surface area contributed by atoms with Gasteiger partial charge in [-0.05, 0) is 18.2 Å². The van der Waals surface area contributed by atoms with Gasteiger partial charge in [0, 0.05) is 6.42 Å². The van der Waals surface area contributed by atoms with Crippen LogP contribution in [0.5, 0.6) is 0 Å². The van der Waals surface area contributed by atoms with Crippen LogP contribution in [0.1, 0.15) is 28.9 Å². The van der Waals surface area contributed by atoms with E-state index in [9.17, 15) is 22.4 Å². The van der Waals surface area contributed by atoms with Crippen LogP contribution in [0, 0.1) is 5.82 Å². The molecule has 0 saturated carbocycles. The number of carboxylic acid groups (broad SMARTS) is 1. The Morgan fingerprint density at radius 1 is 1.38 bits per heavy atom. The fraction of sp³-hybridized carbons (Fsp3) is 0.250. The summed E-state index contributed by atoms with van der Waals surface area (Å²) in [4.78, 5) is 14.5. The Morgan fingerprint density at radius 2 is 2.05 bits per heavy atom. The Balaban J connectivity index is 2.59. The lowest BCUT2D eigenvalue weighted by Crippen LogP contribution is -2.11. The van der Waals surface area contributed by atoms with E-state index in [0.29, 0.717) is 12.1 Å². The maximum Gasteiger partial charge on any atom is 0.419 e. The third-order valence-corrected chi connectivity index (χ3v) is 2.68. The molecule has 0 saturated heterocycles. The average Bonchev–Trinajstić information content (AvgIpc) is 2.82. The number of aromatic nitrogens is 3. The first-order chi connectivity index (χ1) is 9.74. The SMILES string of the molecule is CCc1nc(C(=O)O)nn1-c1ccc(F)c(C(F)(F)F)c1. The van der Waals surface area contributed by atoms with Crippen LogP contribution in [-0.4, -0.2) is 25.8 Å². The van der Waals surface area contributed by atoms with Crippen LogP contribution in [0.15, 0.2) is 18.2 Å². The van der Waals surface area contributed by atoms with Crippen molar-refractivity contribution in [2.24, 2.45) is 0 Å². The molecule has 0 spiro atoms. The minimum absolute atomic E-state index is 0.111. The maximum absolute atomic E-state index is 13.2. The number of halogens is 4. The predicted octanol–water partition coefficient (Wildman–Crippen LogP) is 2.69. The number of aromatic carboxylic acids is 1. The van der Waals surface area contributed by atoms with Gasteiger partial charge in [-0.3, -0.25) is 0 Å². The van der Waals surface area contributed by atoms with Crippen LogP contribution in [0.4, 0.5) is 17.6 Å². The molecule has 2 aromatic rings. The summed E-state index contributed by atoms with van der Waals surface area (Å²) in [7, 11) is 0. The van der Waals surface area contributed by atoms with Gasteiger partial charge in [0.1, 0.15) is 11.6 Å². The van der Waals surface area contributed by atoms with Gasteiger partial charge in [0.15, 0.2) is 0 Å². The molecule has 0 amide bonds. The normalized spacial score (nSPS) is 11.7. The number of hydrogen-bond donors (Lipinski definition) is 1. The van der Waals surface area contributed by atoms with Gasteiger partial charge in [0.25, 0.3) is 5.82 Å². The molecule has 1 heterocycles. The lowest BCUT2D eigenvalue weighted by molar-refractivity contribution is -0.140. The molecular weight excluding hydrogens is 294 g/mol. The van der Waals surface area contributed by atoms with Crippen molar-refractivity contribution in [3.8, 4) is 5.69 Å². The Hall–Kier alpha value is -2.45. The number of carbonyl (C=O) groups is 1. The second kappa shape index (κ2) is 5.15. The lowest BCUT2D eigenvalue weighted by atomic mass is 10.2. The molecule has 0 bridgehead atoms. The summed E-state index contributed by atoms with van der Waals surface area (Å²) in [5, 5.41) is 12.4. The summed E-state index contributed by atoms with van der Waals surface area (Å²) in [5.41, 5.74) is -1.56. The topological polar surface area (TPSA) is 68.0 Å². The number of carboxylic acids is 1. The van der Waals surface area contributed by atoms with Crippen LogP contribution < -0.4 is 0 Å². The molecule has 9 heteroatoms. The van der Waals surface area contributed by atoms with Crippen molar-refractivity contribution in [1.82, 2.24) is 14.8 Å². The maximum atomic E-state index is 13.2. The molecule has 5 nitrogen and oxygen atoms in total. The average molecular weight is 303 g/mol. The molecule has 0 fully saturated rings. The van der Waals surface area contributed by atoms with Gasteiger partial charge in [0.05, 0.1) is 11.3 Å². The molecular formula is C12H9F4N3O2. The van der Waals surface area contributed by atoms with Gasteiger partial charge < -0.3 is 5.11 Å². The van der Waals surface area contributed by atoms with E-state index in [0.717, 1.165) is 10.7 Å². The molecule has 21 heavy (non-hydrogen) atoms. The highest BCUT2D eigenvalue weighted by Gasteiger charge is 2.34. The van der Waals surface area contributed by atoms with Crippen molar-refractivity contribution in [1.29, 1.82) is 0 Å². The van der Waals surface area contributed by atoms with Crippen molar-refractivity contribution in [3.05, 3.63) is 41.2 Å². The Labute approximate surface area is 115 Å². The van der Waals surface area contributed by atoms with Crippen molar-refractivity contribution in [2.75, 3.05) is 0 Å². The highest BCUT2D eigenvalue weighted by Crippen LogP contribution is 2.32. The van der Waals surface area contributed by atoms with Gasteiger partial charge in [-0.15, -0.1) is 5.10 Å². The van der Waals surface area contributed by atoms with Gasteiger partial charge in [-0.25, -0.2) is 18.9 Å². The van der Waals surface area contributed by atoms with Crippen molar-refractivity contribution >= 4 is 5.97 Å². The molecule has 1 aromatic heterocycles. The second-order valence-electron chi connectivity index (χ2n) is 4.08. The summed E-state index contributed by atoms with van der Waals surface area (Å²) in [6, 6.07) is 2.29. The molecule has 0 unspecified atom stereocenters. The van der Waals surface area contributed by atoms with Gasteiger partial charge in [-0.2, -0.15) is 13.2 Å². The van der Waals surface area contributed by atoms with Crippen LogP contribution in [0.3, 0.4) is 0 Å². The Morgan fingerprint density at radius 3 is 2.57 bits per heavy atom. The van der Waals surface area contributed by atoms with E-state index in [1.807, 2.05) is 0 Å². The van der Waals surface area contributed by atoms with E-state index in [2.05, 4.69) is 10.1 Å². The summed E-state index contributed by atoms with van der Waals surface area (Å²) in [5.74, 6) is -3.19. The monoisotopic (exact) mass is 303 g/mol. The van der Waals surface area contributed by atoms with Gasteiger partial charge >= 0.3 is 12.1 Å². The fourth-order valence-electron chi connectivity index (χ4n) is 1.73. The molecule has 1 N–H and O–H groups in total. The Bertz CT molecular complexity index is 694. The third kappa shape index (κ3) is 2.86. The summed E-state index contributed by atoms with van der Waals surface area (Å²) in [6.07, 6.45) is -4.61.